The fourth-order valence-corrected chi connectivity index (χ4v) is 2.14. The first-order chi connectivity index (χ1) is 9.20. The van der Waals surface area contributed by atoms with Crippen molar-refractivity contribution in [3.8, 4) is 0 Å². The first kappa shape index (κ1) is 13.8. The molecule has 1 fully saturated rings. The molecule has 1 aliphatic rings. The highest BCUT2D eigenvalue weighted by molar-refractivity contribution is 5.72. The van der Waals surface area contributed by atoms with E-state index in [4.69, 9.17) is 9.47 Å². The lowest BCUT2D eigenvalue weighted by Gasteiger charge is -2.20. The fraction of sp³-hybridized carbons (Fsp3) is 0.400. The Morgan fingerprint density at radius 2 is 2.21 bits per heavy atom. The van der Waals surface area contributed by atoms with Crippen molar-refractivity contribution in [3.63, 3.8) is 0 Å². The molecule has 4 heteroatoms. The van der Waals surface area contributed by atoms with E-state index >= 15 is 0 Å². The summed E-state index contributed by atoms with van der Waals surface area (Å²) < 4.78 is 10.5. The van der Waals surface area contributed by atoms with Gasteiger partial charge in [0.05, 0.1) is 19.6 Å². The topological polar surface area (TPSA) is 55.8 Å². The van der Waals surface area contributed by atoms with Crippen LogP contribution in [0, 0.1) is 5.92 Å². The number of esters is 1. The molecule has 1 N–H and O–H groups in total. The zero-order chi connectivity index (χ0) is 13.7. The molecule has 2 rings (SSSR count). The molecule has 1 heterocycles. The molecule has 1 aliphatic heterocycles. The van der Waals surface area contributed by atoms with E-state index < -0.39 is 12.2 Å². The Kier molecular flexibility index (Phi) is 4.71. The molecule has 0 aliphatic carbocycles. The van der Waals surface area contributed by atoms with Gasteiger partial charge >= 0.3 is 5.97 Å². The first-order valence-electron chi connectivity index (χ1n) is 6.32. The summed E-state index contributed by atoms with van der Waals surface area (Å²) >= 11 is 0. The predicted molar refractivity (Wildman–Crippen MR) is 70.3 cm³/mol. The van der Waals surface area contributed by atoms with Crippen molar-refractivity contribution in [3.05, 3.63) is 48.6 Å². The van der Waals surface area contributed by atoms with Gasteiger partial charge in [0.2, 0.25) is 0 Å². The van der Waals surface area contributed by atoms with Gasteiger partial charge in [-0.3, -0.25) is 4.79 Å². The second kappa shape index (κ2) is 6.50. The summed E-state index contributed by atoms with van der Waals surface area (Å²) in [4.78, 5) is 11.2. The summed E-state index contributed by atoms with van der Waals surface area (Å²) in [6.45, 7) is 4.22. The third-order valence-electron chi connectivity index (χ3n) is 3.17. The number of carbonyl (C=O) groups excluding carboxylic acids is 1. The molecule has 1 aromatic rings. The van der Waals surface area contributed by atoms with Gasteiger partial charge in [0.15, 0.2) is 0 Å². The molecule has 0 amide bonds. The molecule has 0 spiro atoms. The van der Waals surface area contributed by atoms with Crippen LogP contribution in [-0.2, 0) is 20.9 Å². The second-order valence-electron chi connectivity index (χ2n) is 4.63. The lowest BCUT2D eigenvalue weighted by Crippen LogP contribution is -2.34. The predicted octanol–water partition coefficient (Wildman–Crippen LogP) is 1.68. The van der Waals surface area contributed by atoms with Crippen molar-refractivity contribution in [1.29, 1.82) is 0 Å². The fourth-order valence-electron chi connectivity index (χ4n) is 2.14. The van der Waals surface area contributed by atoms with Crippen molar-refractivity contribution in [1.82, 2.24) is 0 Å². The van der Waals surface area contributed by atoms with Crippen molar-refractivity contribution in [2.24, 2.45) is 5.92 Å². The summed E-state index contributed by atoms with van der Waals surface area (Å²) in [7, 11) is 0. The maximum Gasteiger partial charge on any atom is 0.306 e. The Bertz CT molecular complexity index is 429. The average molecular weight is 262 g/mol. The van der Waals surface area contributed by atoms with Gasteiger partial charge in [-0.2, -0.15) is 0 Å². The third-order valence-corrected chi connectivity index (χ3v) is 3.17. The molecule has 0 unspecified atom stereocenters. The summed E-state index contributed by atoms with van der Waals surface area (Å²) in [5.74, 6) is -0.431. The minimum Gasteiger partial charge on any atom is -0.459 e. The Morgan fingerprint density at radius 3 is 2.89 bits per heavy atom. The van der Waals surface area contributed by atoms with E-state index in [1.54, 1.807) is 6.08 Å². The highest BCUT2D eigenvalue weighted by atomic mass is 16.6. The lowest BCUT2D eigenvalue weighted by molar-refractivity contribution is -0.147. The zero-order valence-electron chi connectivity index (χ0n) is 10.7. The van der Waals surface area contributed by atoms with Crippen LogP contribution in [0.3, 0.4) is 0 Å². The maximum atomic E-state index is 11.2. The second-order valence-corrected chi connectivity index (χ2v) is 4.63. The number of ether oxygens (including phenoxy) is 2. The van der Waals surface area contributed by atoms with Crippen molar-refractivity contribution in [2.75, 3.05) is 6.61 Å². The Hall–Kier alpha value is -1.65. The summed E-state index contributed by atoms with van der Waals surface area (Å²) in [6, 6.07) is 9.71. The highest BCUT2D eigenvalue weighted by Gasteiger charge is 2.37. The number of aliphatic hydroxyl groups is 1. The van der Waals surface area contributed by atoms with Crippen molar-refractivity contribution >= 4 is 5.97 Å². The Morgan fingerprint density at radius 1 is 1.47 bits per heavy atom. The normalized spacial score (nSPS) is 23.9. The monoisotopic (exact) mass is 262 g/mol. The van der Waals surface area contributed by atoms with E-state index in [-0.39, 0.29) is 24.9 Å². The standard InChI is InChI=1S/C15H18O4/c1-2-12-8-14(17)19-15(12)13(16)10-18-9-11-6-4-3-5-7-11/h2-7,12-13,15-16H,1,8-10H2/t12-,13-,15-/m1/s1. The van der Waals surface area contributed by atoms with E-state index in [2.05, 4.69) is 6.58 Å². The maximum absolute atomic E-state index is 11.2. The smallest absolute Gasteiger partial charge is 0.306 e. The van der Waals surface area contributed by atoms with Crippen LogP contribution in [0.2, 0.25) is 0 Å². The van der Waals surface area contributed by atoms with Gasteiger partial charge in [-0.05, 0) is 5.56 Å². The van der Waals surface area contributed by atoms with Crippen LogP contribution in [0.15, 0.2) is 43.0 Å². The van der Waals surface area contributed by atoms with E-state index in [0.717, 1.165) is 5.56 Å². The van der Waals surface area contributed by atoms with Gasteiger partial charge < -0.3 is 14.6 Å². The number of benzene rings is 1. The average Bonchev–Trinajstić information content (AvgIpc) is 2.81. The largest absolute Gasteiger partial charge is 0.459 e. The summed E-state index contributed by atoms with van der Waals surface area (Å²) in [6.07, 6.45) is 0.568. The SMILES string of the molecule is C=C[C@@H]1CC(=O)O[C@H]1[C@H](O)COCc1ccccc1. The molecule has 19 heavy (non-hydrogen) atoms. The molecular weight excluding hydrogens is 244 g/mol. The first-order valence-corrected chi connectivity index (χ1v) is 6.32. The number of cyclic esters (lactones) is 1. The number of carbonyl (C=O) groups is 1. The molecule has 3 atom stereocenters. The quantitative estimate of drug-likeness (QED) is 0.626. The van der Waals surface area contributed by atoms with Crippen LogP contribution in [-0.4, -0.2) is 29.9 Å². The van der Waals surface area contributed by atoms with Gasteiger partial charge in [-0.15, -0.1) is 6.58 Å². The lowest BCUT2D eigenvalue weighted by atomic mass is 9.98. The van der Waals surface area contributed by atoms with Crippen molar-refractivity contribution < 1.29 is 19.4 Å². The van der Waals surface area contributed by atoms with Gasteiger partial charge in [0, 0.05) is 5.92 Å². The van der Waals surface area contributed by atoms with Crippen LogP contribution in [0.4, 0.5) is 0 Å². The number of aliphatic hydroxyl groups excluding tert-OH is 1. The van der Waals surface area contributed by atoms with Gasteiger partial charge in [0.1, 0.15) is 12.2 Å². The zero-order valence-corrected chi connectivity index (χ0v) is 10.7. The van der Waals surface area contributed by atoms with E-state index in [1.165, 1.54) is 0 Å². The molecule has 102 valence electrons. The molecule has 0 bridgehead atoms. The summed E-state index contributed by atoms with van der Waals surface area (Å²) in [5.41, 5.74) is 1.04. The highest BCUT2D eigenvalue weighted by Crippen LogP contribution is 2.25. The Labute approximate surface area is 112 Å². The molecule has 0 saturated carbocycles. The van der Waals surface area contributed by atoms with Gasteiger partial charge in [-0.1, -0.05) is 36.4 Å². The number of hydrogen-bond donors (Lipinski definition) is 1. The van der Waals surface area contributed by atoms with Crippen LogP contribution in [0.1, 0.15) is 12.0 Å². The van der Waals surface area contributed by atoms with Crippen LogP contribution in [0.5, 0.6) is 0 Å². The van der Waals surface area contributed by atoms with Gasteiger partial charge in [-0.25, -0.2) is 0 Å². The number of hydrogen-bond acceptors (Lipinski definition) is 4. The van der Waals surface area contributed by atoms with Crippen LogP contribution in [0.25, 0.3) is 0 Å². The summed E-state index contributed by atoms with van der Waals surface area (Å²) in [5, 5.41) is 10.00. The van der Waals surface area contributed by atoms with E-state index in [0.29, 0.717) is 6.61 Å². The van der Waals surface area contributed by atoms with Gasteiger partial charge in [0.25, 0.3) is 0 Å². The van der Waals surface area contributed by atoms with Crippen LogP contribution >= 0.6 is 0 Å². The minimum absolute atomic E-state index is 0.136. The molecule has 0 aromatic heterocycles. The minimum atomic E-state index is -0.821. The Balaban J connectivity index is 1.79. The van der Waals surface area contributed by atoms with E-state index in [1.807, 2.05) is 30.3 Å². The molecule has 1 saturated heterocycles. The van der Waals surface area contributed by atoms with Crippen LogP contribution < -0.4 is 0 Å². The number of rotatable bonds is 6. The third kappa shape index (κ3) is 3.66. The molecule has 4 nitrogen and oxygen atoms in total. The van der Waals surface area contributed by atoms with E-state index in [9.17, 15) is 9.90 Å². The molecule has 0 radical (unpaired) electrons. The van der Waals surface area contributed by atoms with Crippen molar-refractivity contribution in [2.45, 2.75) is 25.2 Å². The molecular formula is C15H18O4. The molecule has 1 aromatic carbocycles.